The van der Waals surface area contributed by atoms with E-state index in [-0.39, 0.29) is 12.4 Å². The van der Waals surface area contributed by atoms with E-state index in [0.717, 1.165) is 18.9 Å². The Bertz CT molecular complexity index is 224. The van der Waals surface area contributed by atoms with Crippen LogP contribution in [-0.2, 0) is 9.53 Å². The largest absolute Gasteiger partial charge is 0.374 e. The Hall–Kier alpha value is -0.370. The van der Waals surface area contributed by atoms with E-state index in [4.69, 9.17) is 4.74 Å². The van der Waals surface area contributed by atoms with Crippen LogP contribution in [0.1, 0.15) is 97.8 Å². The topological polar surface area (TPSA) is 26.3 Å². The highest BCUT2D eigenvalue weighted by Gasteiger charge is 1.96. The fourth-order valence-corrected chi connectivity index (χ4v) is 2.56. The molecule has 0 bridgehead atoms. The maximum Gasteiger partial charge on any atom is 0.155 e. The summed E-state index contributed by atoms with van der Waals surface area (Å²) < 4.78 is 5.25. The number of hydrogen-bond donors (Lipinski definition) is 0. The van der Waals surface area contributed by atoms with Gasteiger partial charge in [0.25, 0.3) is 0 Å². The maximum absolute atomic E-state index is 10.7. The van der Waals surface area contributed by atoms with Crippen LogP contribution < -0.4 is 0 Å². The number of hydrogen-bond acceptors (Lipinski definition) is 2. The summed E-state index contributed by atoms with van der Waals surface area (Å²) >= 11 is 0. The SMILES string of the molecule is CC(=O)COCCCCCCCCCCCCCC(C)C. The summed E-state index contributed by atoms with van der Waals surface area (Å²) in [4.78, 5) is 10.7. The number of unbranched alkanes of at least 4 members (excludes halogenated alkanes) is 10. The van der Waals surface area contributed by atoms with Crippen molar-refractivity contribution in [2.45, 2.75) is 97.8 Å². The van der Waals surface area contributed by atoms with Crippen LogP contribution in [0.2, 0.25) is 0 Å². The molecule has 0 unspecified atom stereocenters. The molecule has 0 atom stereocenters. The van der Waals surface area contributed by atoms with E-state index in [9.17, 15) is 4.79 Å². The van der Waals surface area contributed by atoms with Gasteiger partial charge in [0.1, 0.15) is 6.61 Å². The van der Waals surface area contributed by atoms with Gasteiger partial charge in [-0.05, 0) is 19.3 Å². The van der Waals surface area contributed by atoms with Crippen molar-refractivity contribution in [3.63, 3.8) is 0 Å². The van der Waals surface area contributed by atoms with Crippen LogP contribution in [-0.4, -0.2) is 19.0 Å². The average molecular weight is 299 g/mol. The summed E-state index contributed by atoms with van der Waals surface area (Å²) in [5.74, 6) is 0.997. The Balaban J connectivity index is 2.98. The summed E-state index contributed by atoms with van der Waals surface area (Å²) in [6, 6.07) is 0. The molecular weight excluding hydrogens is 260 g/mol. The van der Waals surface area contributed by atoms with Crippen molar-refractivity contribution in [3.8, 4) is 0 Å². The van der Waals surface area contributed by atoms with Gasteiger partial charge in [-0.15, -0.1) is 0 Å². The van der Waals surface area contributed by atoms with Gasteiger partial charge in [-0.3, -0.25) is 4.79 Å². The first-order valence-corrected chi connectivity index (χ1v) is 9.20. The zero-order valence-corrected chi connectivity index (χ0v) is 14.8. The minimum absolute atomic E-state index is 0.124. The Morgan fingerprint density at radius 2 is 1.19 bits per heavy atom. The molecule has 0 aliphatic heterocycles. The van der Waals surface area contributed by atoms with Crippen LogP contribution in [0.3, 0.4) is 0 Å². The summed E-state index contributed by atoms with van der Waals surface area (Å²) in [6.45, 7) is 7.24. The minimum atomic E-state index is 0.124. The molecule has 0 fully saturated rings. The van der Waals surface area contributed by atoms with E-state index in [1.807, 2.05) is 0 Å². The summed E-state index contributed by atoms with van der Waals surface area (Å²) in [7, 11) is 0. The van der Waals surface area contributed by atoms with Crippen LogP contribution >= 0.6 is 0 Å². The van der Waals surface area contributed by atoms with E-state index in [0.29, 0.717) is 0 Å². The Morgan fingerprint density at radius 1 is 0.762 bits per heavy atom. The molecule has 0 saturated heterocycles. The lowest BCUT2D eigenvalue weighted by Crippen LogP contribution is -2.04. The predicted octanol–water partition coefficient (Wildman–Crippen LogP) is 5.93. The smallest absolute Gasteiger partial charge is 0.155 e. The Labute approximate surface area is 133 Å². The quantitative estimate of drug-likeness (QED) is 0.330. The molecule has 2 heteroatoms. The third-order valence-electron chi connectivity index (χ3n) is 3.88. The Morgan fingerprint density at radius 3 is 1.62 bits per heavy atom. The van der Waals surface area contributed by atoms with Gasteiger partial charge < -0.3 is 4.74 Å². The normalized spacial score (nSPS) is 11.2. The van der Waals surface area contributed by atoms with Gasteiger partial charge in [0.05, 0.1) is 0 Å². The number of ketones is 1. The summed E-state index contributed by atoms with van der Waals surface area (Å²) in [5.41, 5.74) is 0. The molecule has 21 heavy (non-hydrogen) atoms. The summed E-state index contributed by atoms with van der Waals surface area (Å²) in [5, 5.41) is 0. The first kappa shape index (κ1) is 20.6. The zero-order chi connectivity index (χ0) is 15.8. The summed E-state index contributed by atoms with van der Waals surface area (Å²) in [6.07, 6.45) is 16.3. The monoisotopic (exact) mass is 298 g/mol. The van der Waals surface area contributed by atoms with E-state index in [1.165, 1.54) is 70.6 Å². The number of carbonyl (C=O) groups excluding carboxylic acids is 1. The lowest BCUT2D eigenvalue weighted by atomic mass is 10.0. The molecule has 0 N–H and O–H groups in total. The highest BCUT2D eigenvalue weighted by atomic mass is 16.5. The van der Waals surface area contributed by atoms with Gasteiger partial charge in [-0.25, -0.2) is 0 Å². The molecule has 126 valence electrons. The zero-order valence-electron chi connectivity index (χ0n) is 14.8. The predicted molar refractivity (Wildman–Crippen MR) is 91.7 cm³/mol. The van der Waals surface area contributed by atoms with Crippen molar-refractivity contribution < 1.29 is 9.53 Å². The third kappa shape index (κ3) is 19.6. The van der Waals surface area contributed by atoms with Crippen molar-refractivity contribution in [1.82, 2.24) is 0 Å². The second-order valence-corrected chi connectivity index (χ2v) is 6.83. The molecule has 0 aromatic heterocycles. The van der Waals surface area contributed by atoms with E-state index in [1.54, 1.807) is 6.92 Å². The highest BCUT2D eigenvalue weighted by Crippen LogP contribution is 2.13. The Kier molecular flexibility index (Phi) is 15.7. The van der Waals surface area contributed by atoms with Crippen molar-refractivity contribution in [2.75, 3.05) is 13.2 Å². The van der Waals surface area contributed by atoms with Gasteiger partial charge in [0.2, 0.25) is 0 Å². The molecule has 0 aliphatic carbocycles. The first-order valence-electron chi connectivity index (χ1n) is 9.20. The fraction of sp³-hybridized carbons (Fsp3) is 0.947. The molecule has 0 aromatic rings. The number of carbonyl (C=O) groups is 1. The number of ether oxygens (including phenoxy) is 1. The molecule has 0 aliphatic rings. The van der Waals surface area contributed by atoms with Crippen LogP contribution in [0.25, 0.3) is 0 Å². The average Bonchev–Trinajstić information content (AvgIpc) is 2.42. The van der Waals surface area contributed by atoms with E-state index in [2.05, 4.69) is 13.8 Å². The molecular formula is C19H38O2. The molecule has 0 radical (unpaired) electrons. The standard InChI is InChI=1S/C19H38O2/c1-18(2)15-13-11-9-7-5-4-6-8-10-12-14-16-21-17-19(3)20/h18H,4-17H2,1-3H3. The van der Waals surface area contributed by atoms with Gasteiger partial charge in [-0.1, -0.05) is 84.5 Å². The van der Waals surface area contributed by atoms with Crippen molar-refractivity contribution >= 4 is 5.78 Å². The molecule has 0 saturated carbocycles. The van der Waals surface area contributed by atoms with Crippen molar-refractivity contribution in [1.29, 1.82) is 0 Å². The maximum atomic E-state index is 10.7. The molecule has 0 heterocycles. The molecule has 0 amide bonds. The molecule has 0 aromatic carbocycles. The lowest BCUT2D eigenvalue weighted by molar-refractivity contribution is -0.121. The first-order chi connectivity index (χ1) is 10.1. The van der Waals surface area contributed by atoms with Crippen LogP contribution in [0.4, 0.5) is 0 Å². The molecule has 2 nitrogen and oxygen atoms in total. The van der Waals surface area contributed by atoms with E-state index >= 15 is 0 Å². The van der Waals surface area contributed by atoms with Gasteiger partial charge in [0.15, 0.2) is 5.78 Å². The van der Waals surface area contributed by atoms with E-state index < -0.39 is 0 Å². The second-order valence-electron chi connectivity index (χ2n) is 6.83. The van der Waals surface area contributed by atoms with Crippen molar-refractivity contribution in [2.24, 2.45) is 5.92 Å². The number of rotatable bonds is 16. The molecule has 0 rings (SSSR count). The molecule has 0 spiro atoms. The number of Topliss-reactive ketones (excluding diaryl/α,β-unsaturated/α-hetero) is 1. The van der Waals surface area contributed by atoms with Crippen LogP contribution in [0.15, 0.2) is 0 Å². The minimum Gasteiger partial charge on any atom is -0.374 e. The van der Waals surface area contributed by atoms with Gasteiger partial charge in [0, 0.05) is 6.61 Å². The fourth-order valence-electron chi connectivity index (χ4n) is 2.56. The highest BCUT2D eigenvalue weighted by molar-refractivity contribution is 5.76. The van der Waals surface area contributed by atoms with Crippen molar-refractivity contribution in [3.05, 3.63) is 0 Å². The van der Waals surface area contributed by atoms with Crippen LogP contribution in [0, 0.1) is 5.92 Å². The third-order valence-corrected chi connectivity index (χ3v) is 3.88. The van der Waals surface area contributed by atoms with Gasteiger partial charge >= 0.3 is 0 Å². The lowest BCUT2D eigenvalue weighted by Gasteiger charge is -2.05. The van der Waals surface area contributed by atoms with Gasteiger partial charge in [-0.2, -0.15) is 0 Å². The van der Waals surface area contributed by atoms with Crippen LogP contribution in [0.5, 0.6) is 0 Å². The second kappa shape index (κ2) is 16.0.